The molecule has 0 aliphatic carbocycles. The molecule has 1 heterocycles. The number of aromatic nitrogens is 1. The van der Waals surface area contributed by atoms with Crippen LogP contribution in [0.1, 0.15) is 31.4 Å². The van der Waals surface area contributed by atoms with Gasteiger partial charge in [0.05, 0.1) is 0 Å². The van der Waals surface area contributed by atoms with Crippen LogP contribution in [0, 0.1) is 0 Å². The van der Waals surface area contributed by atoms with Crippen molar-refractivity contribution >= 4 is 17.8 Å². The number of aryl methyl sites for hydroxylation is 1. The van der Waals surface area contributed by atoms with Gasteiger partial charge in [0, 0.05) is 30.9 Å². The van der Waals surface area contributed by atoms with Gasteiger partial charge in [-0.05, 0) is 36.6 Å². The molecule has 0 bridgehead atoms. The third-order valence-electron chi connectivity index (χ3n) is 3.61. The standard InChI is InChI=1S/C19H25N2/c1-4-14-21(5-2)19-10-8-17(9-11-19)6-7-18-12-15-20(3)16-13-18/h6-13,15-16H,4-5,14H2,1-3H3/q+1. The van der Waals surface area contributed by atoms with Crippen LogP contribution in [0.15, 0.2) is 48.8 Å². The van der Waals surface area contributed by atoms with Crippen molar-refractivity contribution in [2.75, 3.05) is 18.0 Å². The third kappa shape index (κ3) is 4.45. The Hall–Kier alpha value is -2.09. The average molecular weight is 281 g/mol. The SMILES string of the molecule is CCCN(CC)c1ccc(/C=C/c2cc[n+](C)cc2)cc1. The Bertz CT molecular complexity index is 568. The number of hydrogen-bond acceptors (Lipinski definition) is 1. The largest absolute Gasteiger partial charge is 0.372 e. The molecule has 0 N–H and O–H groups in total. The van der Waals surface area contributed by atoms with Crippen molar-refractivity contribution in [3.8, 4) is 0 Å². The molecule has 0 radical (unpaired) electrons. The van der Waals surface area contributed by atoms with E-state index in [-0.39, 0.29) is 0 Å². The summed E-state index contributed by atoms with van der Waals surface area (Å²) < 4.78 is 2.04. The summed E-state index contributed by atoms with van der Waals surface area (Å²) in [6.45, 7) is 6.61. The first kappa shape index (κ1) is 15.3. The first-order chi connectivity index (χ1) is 10.2. The third-order valence-corrected chi connectivity index (χ3v) is 3.61. The van der Waals surface area contributed by atoms with Crippen molar-refractivity contribution in [3.05, 3.63) is 59.9 Å². The van der Waals surface area contributed by atoms with Gasteiger partial charge in [-0.2, -0.15) is 0 Å². The van der Waals surface area contributed by atoms with Crippen molar-refractivity contribution < 1.29 is 4.57 Å². The smallest absolute Gasteiger partial charge is 0.169 e. The van der Waals surface area contributed by atoms with Crippen molar-refractivity contribution in [3.63, 3.8) is 0 Å². The molecule has 110 valence electrons. The van der Waals surface area contributed by atoms with E-state index in [9.17, 15) is 0 Å². The molecule has 2 rings (SSSR count). The number of benzene rings is 1. The predicted octanol–water partition coefficient (Wildman–Crippen LogP) is 3.92. The summed E-state index contributed by atoms with van der Waals surface area (Å²) in [7, 11) is 2.03. The number of nitrogens with zero attached hydrogens (tertiary/aromatic N) is 2. The summed E-state index contributed by atoms with van der Waals surface area (Å²) in [5.74, 6) is 0. The fourth-order valence-corrected chi connectivity index (χ4v) is 2.35. The summed E-state index contributed by atoms with van der Waals surface area (Å²) in [5.41, 5.74) is 3.76. The van der Waals surface area contributed by atoms with Gasteiger partial charge in [0.25, 0.3) is 0 Å². The molecule has 1 aromatic carbocycles. The Balaban J connectivity index is 2.06. The molecule has 0 spiro atoms. The second-order valence-corrected chi connectivity index (χ2v) is 5.30. The fraction of sp³-hybridized carbons (Fsp3) is 0.316. The zero-order valence-electron chi connectivity index (χ0n) is 13.3. The molecule has 0 aliphatic heterocycles. The average Bonchev–Trinajstić information content (AvgIpc) is 2.53. The van der Waals surface area contributed by atoms with Crippen LogP contribution in [0.2, 0.25) is 0 Å². The lowest BCUT2D eigenvalue weighted by Gasteiger charge is -2.22. The summed E-state index contributed by atoms with van der Waals surface area (Å²) in [6.07, 6.45) is 9.62. The van der Waals surface area contributed by atoms with Crippen LogP contribution >= 0.6 is 0 Å². The Morgan fingerprint density at radius 2 is 1.48 bits per heavy atom. The van der Waals surface area contributed by atoms with Gasteiger partial charge in [0.15, 0.2) is 12.4 Å². The minimum absolute atomic E-state index is 1.06. The molecule has 0 atom stereocenters. The lowest BCUT2D eigenvalue weighted by atomic mass is 10.1. The molecule has 0 saturated carbocycles. The quantitative estimate of drug-likeness (QED) is 0.728. The molecule has 0 fully saturated rings. The maximum Gasteiger partial charge on any atom is 0.169 e. The van der Waals surface area contributed by atoms with Crippen molar-refractivity contribution in [2.45, 2.75) is 20.3 Å². The van der Waals surface area contributed by atoms with Gasteiger partial charge in [-0.15, -0.1) is 0 Å². The van der Waals surface area contributed by atoms with E-state index >= 15 is 0 Å². The second kappa shape index (κ2) is 7.63. The topological polar surface area (TPSA) is 7.12 Å². The van der Waals surface area contributed by atoms with E-state index in [1.165, 1.54) is 23.2 Å². The van der Waals surface area contributed by atoms with Crippen LogP contribution in [0.4, 0.5) is 5.69 Å². The number of anilines is 1. The minimum Gasteiger partial charge on any atom is -0.372 e. The van der Waals surface area contributed by atoms with E-state index < -0.39 is 0 Å². The molecule has 0 amide bonds. The molecule has 2 aromatic rings. The number of pyridine rings is 1. The van der Waals surface area contributed by atoms with Crippen molar-refractivity contribution in [1.82, 2.24) is 0 Å². The van der Waals surface area contributed by atoms with Gasteiger partial charge in [-0.3, -0.25) is 0 Å². The Morgan fingerprint density at radius 1 is 0.905 bits per heavy atom. The van der Waals surface area contributed by atoms with Crippen LogP contribution in [0.3, 0.4) is 0 Å². The Morgan fingerprint density at radius 3 is 2.00 bits per heavy atom. The highest BCUT2D eigenvalue weighted by Crippen LogP contribution is 2.17. The highest BCUT2D eigenvalue weighted by atomic mass is 15.1. The van der Waals surface area contributed by atoms with Crippen LogP contribution < -0.4 is 9.47 Å². The lowest BCUT2D eigenvalue weighted by Crippen LogP contribution is -2.25. The van der Waals surface area contributed by atoms with E-state index in [2.05, 4.69) is 79.7 Å². The Labute approximate surface area is 128 Å². The van der Waals surface area contributed by atoms with E-state index in [1.54, 1.807) is 0 Å². The summed E-state index contributed by atoms with van der Waals surface area (Å²) in [6, 6.07) is 13.0. The van der Waals surface area contributed by atoms with Gasteiger partial charge in [0.1, 0.15) is 7.05 Å². The molecule has 1 aromatic heterocycles. The van der Waals surface area contributed by atoms with E-state index in [0.29, 0.717) is 0 Å². The predicted molar refractivity (Wildman–Crippen MR) is 91.2 cm³/mol. The molecular weight excluding hydrogens is 256 g/mol. The van der Waals surface area contributed by atoms with Crippen LogP contribution in [-0.2, 0) is 7.05 Å². The van der Waals surface area contributed by atoms with Crippen LogP contribution in [-0.4, -0.2) is 13.1 Å². The minimum atomic E-state index is 1.06. The molecule has 21 heavy (non-hydrogen) atoms. The first-order valence-corrected chi connectivity index (χ1v) is 7.71. The molecular formula is C19H25N2+. The summed E-state index contributed by atoms with van der Waals surface area (Å²) in [4.78, 5) is 2.41. The Kier molecular flexibility index (Phi) is 5.56. The lowest BCUT2D eigenvalue weighted by molar-refractivity contribution is -0.671. The zero-order valence-corrected chi connectivity index (χ0v) is 13.3. The zero-order chi connectivity index (χ0) is 15.1. The summed E-state index contributed by atoms with van der Waals surface area (Å²) in [5, 5.41) is 0. The van der Waals surface area contributed by atoms with Gasteiger partial charge >= 0.3 is 0 Å². The normalized spacial score (nSPS) is 11.0. The van der Waals surface area contributed by atoms with Gasteiger partial charge in [-0.25, -0.2) is 4.57 Å². The molecule has 2 nitrogen and oxygen atoms in total. The maximum absolute atomic E-state index is 2.41. The fourth-order valence-electron chi connectivity index (χ4n) is 2.35. The second-order valence-electron chi connectivity index (χ2n) is 5.30. The number of hydrogen-bond donors (Lipinski definition) is 0. The molecule has 0 aliphatic rings. The summed E-state index contributed by atoms with van der Waals surface area (Å²) >= 11 is 0. The molecule has 2 heteroatoms. The molecule has 0 saturated heterocycles. The van der Waals surface area contributed by atoms with Crippen LogP contribution in [0.5, 0.6) is 0 Å². The van der Waals surface area contributed by atoms with E-state index in [0.717, 1.165) is 13.1 Å². The van der Waals surface area contributed by atoms with E-state index in [4.69, 9.17) is 0 Å². The highest BCUT2D eigenvalue weighted by Gasteiger charge is 2.01. The number of rotatable bonds is 6. The monoisotopic (exact) mass is 281 g/mol. The van der Waals surface area contributed by atoms with Crippen molar-refractivity contribution in [1.29, 1.82) is 0 Å². The maximum atomic E-state index is 2.41. The highest BCUT2D eigenvalue weighted by molar-refractivity contribution is 5.70. The van der Waals surface area contributed by atoms with Gasteiger partial charge in [0.2, 0.25) is 0 Å². The molecule has 0 unspecified atom stereocenters. The van der Waals surface area contributed by atoms with Gasteiger partial charge in [-0.1, -0.05) is 31.2 Å². The van der Waals surface area contributed by atoms with Crippen molar-refractivity contribution in [2.24, 2.45) is 7.05 Å². The first-order valence-electron chi connectivity index (χ1n) is 7.71. The van der Waals surface area contributed by atoms with Gasteiger partial charge < -0.3 is 4.90 Å². The van der Waals surface area contributed by atoms with E-state index in [1.807, 2.05) is 11.6 Å². The van der Waals surface area contributed by atoms with Crippen LogP contribution in [0.25, 0.3) is 12.2 Å².